The van der Waals surface area contributed by atoms with Gasteiger partial charge >= 0.3 is 0 Å². The van der Waals surface area contributed by atoms with Gasteiger partial charge in [0, 0.05) is 18.6 Å². The molecule has 3 atom stereocenters. The molecule has 2 N–H and O–H groups in total. The predicted octanol–water partition coefficient (Wildman–Crippen LogP) is 4.82. The Hall–Kier alpha value is -0.0800. The third-order valence-electron chi connectivity index (χ3n) is 5.63. The Bertz CT molecular complexity index is 266. The van der Waals surface area contributed by atoms with Crippen LogP contribution in [0.3, 0.4) is 0 Å². The van der Waals surface area contributed by atoms with E-state index < -0.39 is 0 Å². The van der Waals surface area contributed by atoms with Crippen LogP contribution in [0.5, 0.6) is 0 Å². The van der Waals surface area contributed by atoms with Crippen molar-refractivity contribution >= 4 is 0 Å². The highest BCUT2D eigenvalue weighted by Crippen LogP contribution is 2.37. The summed E-state index contributed by atoms with van der Waals surface area (Å²) in [5.74, 6) is 1.70. The number of nitrogens with two attached hydrogens (primary N) is 1. The highest BCUT2D eigenvalue weighted by Gasteiger charge is 2.39. The molecule has 126 valence electrons. The van der Waals surface area contributed by atoms with Crippen LogP contribution >= 0.6 is 0 Å². The van der Waals surface area contributed by atoms with E-state index in [1.54, 1.807) is 0 Å². The molecule has 3 unspecified atom stereocenters. The summed E-state index contributed by atoms with van der Waals surface area (Å²) in [7, 11) is 0. The molecule has 1 rings (SSSR count). The van der Waals surface area contributed by atoms with E-state index in [9.17, 15) is 0 Å². The van der Waals surface area contributed by atoms with Gasteiger partial charge in [0.1, 0.15) is 0 Å². The quantitative estimate of drug-likeness (QED) is 0.626. The molecule has 21 heavy (non-hydrogen) atoms. The monoisotopic (exact) mass is 296 g/mol. The molecule has 0 saturated heterocycles. The van der Waals surface area contributed by atoms with Gasteiger partial charge in [-0.25, -0.2) is 0 Å². The van der Waals surface area contributed by atoms with Crippen LogP contribution in [-0.4, -0.2) is 30.1 Å². The van der Waals surface area contributed by atoms with Gasteiger partial charge in [-0.05, 0) is 44.1 Å². The first kappa shape index (κ1) is 19.0. The fourth-order valence-electron chi connectivity index (χ4n) is 4.26. The van der Waals surface area contributed by atoms with E-state index in [-0.39, 0.29) is 0 Å². The van der Waals surface area contributed by atoms with Crippen LogP contribution in [0.1, 0.15) is 85.5 Å². The normalized spacial score (nSPS) is 28.0. The van der Waals surface area contributed by atoms with Crippen LogP contribution in [0.15, 0.2) is 0 Å². The highest BCUT2D eigenvalue weighted by molar-refractivity contribution is 4.96. The minimum atomic E-state index is 0.299. The van der Waals surface area contributed by atoms with Gasteiger partial charge in [-0.15, -0.1) is 0 Å². The summed E-state index contributed by atoms with van der Waals surface area (Å²) in [5, 5.41) is 0. The number of nitrogens with zero attached hydrogens (tertiary/aromatic N) is 1. The van der Waals surface area contributed by atoms with Crippen molar-refractivity contribution in [1.29, 1.82) is 0 Å². The van der Waals surface area contributed by atoms with E-state index in [0.717, 1.165) is 18.4 Å². The standard InChI is InChI=1S/C19H40N2/c1-5-8-11-18(7-3)15-21(13-6-2)19(16-20)12-9-10-17(4)14-19/h17-18H,5-16,20H2,1-4H3. The van der Waals surface area contributed by atoms with Gasteiger partial charge in [-0.3, -0.25) is 4.90 Å². The first-order chi connectivity index (χ1) is 10.1. The maximum absolute atomic E-state index is 6.31. The topological polar surface area (TPSA) is 29.3 Å². The van der Waals surface area contributed by atoms with Gasteiger partial charge in [0.05, 0.1) is 0 Å². The van der Waals surface area contributed by atoms with Gasteiger partial charge in [0.25, 0.3) is 0 Å². The molecule has 0 bridgehead atoms. The SMILES string of the molecule is CCCCC(CC)CN(CCC)C1(CN)CCCC(C)C1. The van der Waals surface area contributed by atoms with E-state index in [1.807, 2.05) is 0 Å². The molecule has 0 aromatic rings. The maximum atomic E-state index is 6.31. The summed E-state index contributed by atoms with van der Waals surface area (Å²) < 4.78 is 0. The number of hydrogen-bond acceptors (Lipinski definition) is 2. The van der Waals surface area contributed by atoms with Crippen molar-refractivity contribution in [2.45, 2.75) is 91.0 Å². The Morgan fingerprint density at radius 1 is 1.24 bits per heavy atom. The molecule has 1 aliphatic carbocycles. The number of unbranched alkanes of at least 4 members (excludes halogenated alkanes) is 1. The third-order valence-corrected chi connectivity index (χ3v) is 5.63. The van der Waals surface area contributed by atoms with Crippen molar-refractivity contribution in [3.05, 3.63) is 0 Å². The molecule has 2 nitrogen and oxygen atoms in total. The molecule has 0 aliphatic heterocycles. The molecular weight excluding hydrogens is 256 g/mol. The van der Waals surface area contributed by atoms with Crippen LogP contribution in [0.2, 0.25) is 0 Å². The van der Waals surface area contributed by atoms with Crippen LogP contribution in [0.25, 0.3) is 0 Å². The molecule has 2 heteroatoms. The Kier molecular flexibility index (Phi) is 8.89. The first-order valence-electron chi connectivity index (χ1n) is 9.56. The number of hydrogen-bond donors (Lipinski definition) is 1. The number of rotatable bonds is 10. The molecule has 1 aliphatic rings. The lowest BCUT2D eigenvalue weighted by Crippen LogP contribution is -2.57. The first-order valence-corrected chi connectivity index (χ1v) is 9.56. The van der Waals surface area contributed by atoms with E-state index in [0.29, 0.717) is 5.54 Å². The zero-order chi connectivity index (χ0) is 15.7. The Morgan fingerprint density at radius 2 is 2.00 bits per heavy atom. The van der Waals surface area contributed by atoms with Gasteiger partial charge in [0.2, 0.25) is 0 Å². The van der Waals surface area contributed by atoms with Gasteiger partial charge in [-0.2, -0.15) is 0 Å². The van der Waals surface area contributed by atoms with Crippen molar-refractivity contribution in [3.63, 3.8) is 0 Å². The lowest BCUT2D eigenvalue weighted by molar-refractivity contribution is 0.0245. The molecule has 0 spiro atoms. The van der Waals surface area contributed by atoms with Gasteiger partial charge in [0.15, 0.2) is 0 Å². The van der Waals surface area contributed by atoms with Crippen LogP contribution in [0.4, 0.5) is 0 Å². The minimum absolute atomic E-state index is 0.299. The molecular formula is C19H40N2. The zero-order valence-corrected chi connectivity index (χ0v) is 15.2. The Morgan fingerprint density at radius 3 is 2.52 bits per heavy atom. The van der Waals surface area contributed by atoms with Crippen molar-refractivity contribution in [3.8, 4) is 0 Å². The van der Waals surface area contributed by atoms with Gasteiger partial charge in [-0.1, -0.05) is 59.8 Å². The van der Waals surface area contributed by atoms with Crippen LogP contribution in [0, 0.1) is 11.8 Å². The zero-order valence-electron chi connectivity index (χ0n) is 15.2. The lowest BCUT2D eigenvalue weighted by atomic mass is 9.74. The molecule has 1 fully saturated rings. The second-order valence-electron chi connectivity index (χ2n) is 7.49. The molecule has 0 radical (unpaired) electrons. The predicted molar refractivity (Wildman–Crippen MR) is 94.6 cm³/mol. The van der Waals surface area contributed by atoms with Crippen molar-refractivity contribution in [2.24, 2.45) is 17.6 Å². The van der Waals surface area contributed by atoms with Crippen molar-refractivity contribution in [1.82, 2.24) is 4.90 Å². The second-order valence-corrected chi connectivity index (χ2v) is 7.49. The Labute approximate surface area is 133 Å². The summed E-state index contributed by atoms with van der Waals surface area (Å²) in [6.45, 7) is 12.8. The molecule has 0 heterocycles. The van der Waals surface area contributed by atoms with E-state index in [1.165, 1.54) is 70.9 Å². The fourth-order valence-corrected chi connectivity index (χ4v) is 4.26. The summed E-state index contributed by atoms with van der Waals surface area (Å²) in [6, 6.07) is 0. The average Bonchev–Trinajstić information content (AvgIpc) is 2.50. The second kappa shape index (κ2) is 9.84. The van der Waals surface area contributed by atoms with E-state index >= 15 is 0 Å². The highest BCUT2D eigenvalue weighted by atomic mass is 15.2. The summed E-state index contributed by atoms with van der Waals surface area (Å²) in [4.78, 5) is 2.80. The summed E-state index contributed by atoms with van der Waals surface area (Å²) in [6.07, 6.45) is 12.1. The van der Waals surface area contributed by atoms with Crippen molar-refractivity contribution in [2.75, 3.05) is 19.6 Å². The largest absolute Gasteiger partial charge is 0.329 e. The molecule has 0 aromatic heterocycles. The van der Waals surface area contributed by atoms with E-state index in [4.69, 9.17) is 5.73 Å². The molecule has 0 aromatic carbocycles. The van der Waals surface area contributed by atoms with E-state index in [2.05, 4.69) is 32.6 Å². The minimum Gasteiger partial charge on any atom is -0.329 e. The Balaban J connectivity index is 2.76. The smallest absolute Gasteiger partial charge is 0.0334 e. The molecule has 0 amide bonds. The van der Waals surface area contributed by atoms with Crippen molar-refractivity contribution < 1.29 is 0 Å². The average molecular weight is 297 g/mol. The third kappa shape index (κ3) is 5.56. The summed E-state index contributed by atoms with van der Waals surface area (Å²) in [5.41, 5.74) is 6.61. The summed E-state index contributed by atoms with van der Waals surface area (Å²) >= 11 is 0. The lowest BCUT2D eigenvalue weighted by Gasteiger charge is -2.49. The van der Waals surface area contributed by atoms with Crippen LogP contribution in [-0.2, 0) is 0 Å². The van der Waals surface area contributed by atoms with Crippen LogP contribution < -0.4 is 5.73 Å². The maximum Gasteiger partial charge on any atom is 0.0334 e. The molecule has 1 saturated carbocycles. The fraction of sp³-hybridized carbons (Fsp3) is 1.00. The van der Waals surface area contributed by atoms with Gasteiger partial charge < -0.3 is 5.73 Å².